The third-order valence-corrected chi connectivity index (χ3v) is 3.79. The fourth-order valence-electron chi connectivity index (χ4n) is 2.65. The van der Waals surface area contributed by atoms with Gasteiger partial charge in [0, 0.05) is 16.5 Å². The molecule has 0 aliphatic carbocycles. The molecule has 1 N–H and O–H groups in total. The van der Waals surface area contributed by atoms with E-state index >= 15 is 0 Å². The van der Waals surface area contributed by atoms with Crippen LogP contribution in [0, 0.1) is 0 Å². The molecule has 116 valence electrons. The standard InChI is InChI=1S/C19H17NO3/c1-2-14-17(15-10-6-7-11-16(15)20-18(14)21)19(22)23-12-13-8-4-3-5-9-13/h3-11H,2,12H2,1H3,(H,20,21). The first-order chi connectivity index (χ1) is 11.2. The number of esters is 1. The molecule has 23 heavy (non-hydrogen) atoms. The van der Waals surface area contributed by atoms with Crippen molar-refractivity contribution in [2.45, 2.75) is 20.0 Å². The number of pyridine rings is 1. The third kappa shape index (κ3) is 3.01. The van der Waals surface area contributed by atoms with Gasteiger partial charge in [0.1, 0.15) is 6.61 Å². The van der Waals surface area contributed by atoms with E-state index in [1.807, 2.05) is 55.5 Å². The molecule has 0 saturated heterocycles. The number of carbonyl (C=O) groups is 1. The second-order valence-corrected chi connectivity index (χ2v) is 5.27. The van der Waals surface area contributed by atoms with Gasteiger partial charge < -0.3 is 9.72 Å². The largest absolute Gasteiger partial charge is 0.457 e. The molecule has 4 nitrogen and oxygen atoms in total. The Morgan fingerprint density at radius 2 is 1.74 bits per heavy atom. The molecule has 4 heteroatoms. The van der Waals surface area contributed by atoms with Crippen molar-refractivity contribution in [2.75, 3.05) is 0 Å². The quantitative estimate of drug-likeness (QED) is 0.751. The molecule has 0 fully saturated rings. The van der Waals surface area contributed by atoms with Crippen LogP contribution < -0.4 is 5.56 Å². The number of benzene rings is 2. The summed E-state index contributed by atoms with van der Waals surface area (Å²) >= 11 is 0. The second-order valence-electron chi connectivity index (χ2n) is 5.27. The maximum Gasteiger partial charge on any atom is 0.339 e. The van der Waals surface area contributed by atoms with Crippen LogP contribution >= 0.6 is 0 Å². The third-order valence-electron chi connectivity index (χ3n) is 3.79. The number of carbonyl (C=O) groups excluding carboxylic acids is 1. The summed E-state index contributed by atoms with van der Waals surface area (Å²) in [5.41, 5.74) is 2.14. The van der Waals surface area contributed by atoms with Crippen LogP contribution in [0.3, 0.4) is 0 Å². The molecule has 3 rings (SSSR count). The number of aromatic nitrogens is 1. The maximum atomic E-state index is 12.6. The van der Waals surface area contributed by atoms with Crippen LogP contribution in [0.1, 0.15) is 28.4 Å². The van der Waals surface area contributed by atoms with Crippen molar-refractivity contribution in [2.24, 2.45) is 0 Å². The van der Waals surface area contributed by atoms with Crippen molar-refractivity contribution in [3.8, 4) is 0 Å². The van der Waals surface area contributed by atoms with Crippen molar-refractivity contribution < 1.29 is 9.53 Å². The first kappa shape index (κ1) is 15.0. The average Bonchev–Trinajstić information content (AvgIpc) is 2.59. The Morgan fingerprint density at radius 1 is 1.04 bits per heavy atom. The minimum Gasteiger partial charge on any atom is -0.457 e. The molecule has 1 heterocycles. The molecule has 1 aromatic heterocycles. The minimum atomic E-state index is -0.465. The molecular weight excluding hydrogens is 290 g/mol. The van der Waals surface area contributed by atoms with Crippen LogP contribution in [-0.4, -0.2) is 11.0 Å². The topological polar surface area (TPSA) is 59.2 Å². The number of aromatic amines is 1. The van der Waals surface area contributed by atoms with E-state index in [-0.39, 0.29) is 12.2 Å². The molecule has 0 bridgehead atoms. The Morgan fingerprint density at radius 3 is 2.48 bits per heavy atom. The average molecular weight is 307 g/mol. The molecular formula is C19H17NO3. The molecule has 0 amide bonds. The minimum absolute atomic E-state index is 0.184. The fourth-order valence-corrected chi connectivity index (χ4v) is 2.65. The summed E-state index contributed by atoms with van der Waals surface area (Å²) in [5.74, 6) is -0.465. The van der Waals surface area contributed by atoms with E-state index in [0.29, 0.717) is 28.5 Å². The van der Waals surface area contributed by atoms with E-state index in [2.05, 4.69) is 4.98 Å². The van der Waals surface area contributed by atoms with Gasteiger partial charge in [-0.05, 0) is 18.1 Å². The lowest BCUT2D eigenvalue weighted by Gasteiger charge is -2.11. The van der Waals surface area contributed by atoms with Gasteiger partial charge in [0.05, 0.1) is 5.56 Å². The van der Waals surface area contributed by atoms with Gasteiger partial charge in [-0.25, -0.2) is 4.79 Å². The highest BCUT2D eigenvalue weighted by Gasteiger charge is 2.19. The highest BCUT2D eigenvalue weighted by molar-refractivity contribution is 6.04. The summed E-state index contributed by atoms with van der Waals surface area (Å²) in [5, 5.41) is 0.710. The second kappa shape index (κ2) is 6.48. The highest BCUT2D eigenvalue weighted by Crippen LogP contribution is 2.20. The van der Waals surface area contributed by atoms with Crippen molar-refractivity contribution in [1.82, 2.24) is 4.98 Å². The normalized spacial score (nSPS) is 10.7. The predicted molar refractivity (Wildman–Crippen MR) is 89.5 cm³/mol. The van der Waals surface area contributed by atoms with E-state index in [4.69, 9.17) is 4.74 Å². The first-order valence-electron chi connectivity index (χ1n) is 7.55. The van der Waals surface area contributed by atoms with Gasteiger partial charge in [-0.2, -0.15) is 0 Å². The van der Waals surface area contributed by atoms with E-state index in [0.717, 1.165) is 5.56 Å². The highest BCUT2D eigenvalue weighted by atomic mass is 16.5. The van der Waals surface area contributed by atoms with E-state index in [1.54, 1.807) is 6.07 Å². The monoisotopic (exact) mass is 307 g/mol. The molecule has 0 unspecified atom stereocenters. The number of fused-ring (bicyclic) bond motifs is 1. The van der Waals surface area contributed by atoms with Crippen molar-refractivity contribution >= 4 is 16.9 Å². The van der Waals surface area contributed by atoms with Crippen LogP contribution in [-0.2, 0) is 17.8 Å². The fraction of sp³-hybridized carbons (Fsp3) is 0.158. The zero-order chi connectivity index (χ0) is 16.2. The molecule has 3 aromatic rings. The van der Waals surface area contributed by atoms with Crippen molar-refractivity contribution in [1.29, 1.82) is 0 Å². The Bertz CT molecular complexity index is 897. The zero-order valence-corrected chi connectivity index (χ0v) is 12.8. The van der Waals surface area contributed by atoms with Crippen molar-refractivity contribution in [3.05, 3.63) is 81.6 Å². The van der Waals surface area contributed by atoms with Gasteiger partial charge in [-0.3, -0.25) is 4.79 Å². The number of para-hydroxylation sites is 1. The Labute approximate surface area is 133 Å². The lowest BCUT2D eigenvalue weighted by Crippen LogP contribution is -2.20. The van der Waals surface area contributed by atoms with E-state index in [1.165, 1.54) is 0 Å². The number of ether oxygens (including phenoxy) is 1. The number of rotatable bonds is 4. The van der Waals surface area contributed by atoms with Crippen molar-refractivity contribution in [3.63, 3.8) is 0 Å². The molecule has 0 atom stereocenters. The van der Waals surface area contributed by atoms with Gasteiger partial charge in [-0.1, -0.05) is 55.5 Å². The number of hydrogen-bond donors (Lipinski definition) is 1. The van der Waals surface area contributed by atoms with Gasteiger partial charge in [0.15, 0.2) is 0 Å². The van der Waals surface area contributed by atoms with Gasteiger partial charge in [-0.15, -0.1) is 0 Å². The van der Waals surface area contributed by atoms with Gasteiger partial charge in [0.2, 0.25) is 0 Å². The van der Waals surface area contributed by atoms with Crippen LogP contribution in [0.4, 0.5) is 0 Å². The molecule has 0 radical (unpaired) electrons. The smallest absolute Gasteiger partial charge is 0.339 e. The lowest BCUT2D eigenvalue weighted by atomic mass is 10.0. The van der Waals surface area contributed by atoms with Crippen LogP contribution in [0.5, 0.6) is 0 Å². The van der Waals surface area contributed by atoms with E-state index < -0.39 is 5.97 Å². The Kier molecular flexibility index (Phi) is 4.24. The van der Waals surface area contributed by atoms with Gasteiger partial charge in [0.25, 0.3) is 5.56 Å². The first-order valence-corrected chi connectivity index (χ1v) is 7.55. The van der Waals surface area contributed by atoms with Crippen LogP contribution in [0.15, 0.2) is 59.4 Å². The summed E-state index contributed by atoms with van der Waals surface area (Å²) in [6.45, 7) is 2.04. The van der Waals surface area contributed by atoms with E-state index in [9.17, 15) is 9.59 Å². The SMILES string of the molecule is CCc1c(C(=O)OCc2ccccc2)c2ccccc2[nH]c1=O. The Hall–Kier alpha value is -2.88. The predicted octanol–water partition coefficient (Wildman–Crippen LogP) is 3.45. The number of H-pyrrole nitrogens is 1. The summed E-state index contributed by atoms with van der Waals surface area (Å²) in [6.07, 6.45) is 0.468. The lowest BCUT2D eigenvalue weighted by molar-refractivity contribution is 0.0473. The van der Waals surface area contributed by atoms with Gasteiger partial charge >= 0.3 is 5.97 Å². The Balaban J connectivity index is 2.00. The molecule has 0 saturated carbocycles. The van der Waals surface area contributed by atoms with Crippen LogP contribution in [0.2, 0.25) is 0 Å². The summed E-state index contributed by atoms with van der Waals surface area (Å²) < 4.78 is 5.43. The number of hydrogen-bond acceptors (Lipinski definition) is 3. The summed E-state index contributed by atoms with van der Waals surface area (Å²) in [4.78, 5) is 27.6. The van der Waals surface area contributed by atoms with Crippen LogP contribution in [0.25, 0.3) is 10.9 Å². The molecule has 0 aliphatic rings. The molecule has 0 spiro atoms. The number of nitrogens with one attached hydrogen (secondary N) is 1. The zero-order valence-electron chi connectivity index (χ0n) is 12.8. The maximum absolute atomic E-state index is 12.6. The summed E-state index contributed by atoms with van der Waals surface area (Å²) in [7, 11) is 0. The molecule has 2 aromatic carbocycles. The molecule has 0 aliphatic heterocycles. The summed E-state index contributed by atoms with van der Waals surface area (Å²) in [6, 6.07) is 16.7.